The molecule has 0 aliphatic heterocycles. The zero-order valence-electron chi connectivity index (χ0n) is 18.0. The fourth-order valence-electron chi connectivity index (χ4n) is 3.33. The Kier molecular flexibility index (Phi) is 5.69. The lowest BCUT2D eigenvalue weighted by Gasteiger charge is -2.09. The van der Waals surface area contributed by atoms with Crippen LogP contribution in [-0.4, -0.2) is 27.8 Å². The predicted molar refractivity (Wildman–Crippen MR) is 122 cm³/mol. The molecule has 0 spiro atoms. The molecule has 0 saturated heterocycles. The molecule has 0 saturated carbocycles. The molecule has 2 aromatic carbocycles. The van der Waals surface area contributed by atoms with E-state index >= 15 is 0 Å². The summed E-state index contributed by atoms with van der Waals surface area (Å²) in [7, 11) is 1.61. The van der Waals surface area contributed by atoms with Crippen molar-refractivity contribution in [3.05, 3.63) is 89.2 Å². The number of pyridine rings is 1. The fraction of sp³-hybridized carbons (Fsp3) is 0.120. The Hall–Kier alpha value is -4.44. The minimum absolute atomic E-state index is 0.219. The van der Waals surface area contributed by atoms with Crippen LogP contribution in [0.15, 0.2) is 66.7 Å². The van der Waals surface area contributed by atoms with Crippen molar-refractivity contribution in [2.45, 2.75) is 13.8 Å². The number of para-hydroxylation sites is 1. The largest absolute Gasteiger partial charge is 0.496 e. The summed E-state index contributed by atoms with van der Waals surface area (Å²) < 4.78 is 7.16. The number of hydrogen-bond donors (Lipinski definition) is 1. The third kappa shape index (κ3) is 4.07. The molecule has 0 radical (unpaired) electrons. The molecule has 0 bridgehead atoms. The van der Waals surface area contributed by atoms with Gasteiger partial charge < -0.3 is 10.1 Å². The molecular formula is C25H21N5O2. The summed E-state index contributed by atoms with van der Waals surface area (Å²) in [5.74, 6) is 0.782. The normalized spacial score (nSPS) is 10.4. The summed E-state index contributed by atoms with van der Waals surface area (Å²) in [6, 6.07) is 22.4. The first-order valence-electron chi connectivity index (χ1n) is 9.99. The lowest BCUT2D eigenvalue weighted by atomic mass is 10.1. The number of methoxy groups -OCH3 is 1. The predicted octanol–water partition coefficient (Wildman–Crippen LogP) is 4.68. The van der Waals surface area contributed by atoms with Crippen molar-refractivity contribution in [1.82, 2.24) is 14.8 Å². The van der Waals surface area contributed by atoms with Crippen molar-refractivity contribution in [1.29, 1.82) is 5.26 Å². The first-order valence-corrected chi connectivity index (χ1v) is 9.99. The summed E-state index contributed by atoms with van der Waals surface area (Å²) in [6.45, 7) is 3.71. The summed E-state index contributed by atoms with van der Waals surface area (Å²) in [5.41, 5.74) is 4.54. The highest BCUT2D eigenvalue weighted by atomic mass is 16.5. The van der Waals surface area contributed by atoms with Crippen LogP contribution in [0.1, 0.15) is 27.3 Å². The van der Waals surface area contributed by atoms with Gasteiger partial charge in [-0.1, -0.05) is 29.8 Å². The van der Waals surface area contributed by atoms with E-state index in [1.54, 1.807) is 30.8 Å². The van der Waals surface area contributed by atoms with Crippen LogP contribution in [0.5, 0.6) is 5.75 Å². The topological polar surface area (TPSA) is 92.8 Å². The molecule has 4 rings (SSSR count). The Morgan fingerprint density at radius 2 is 1.81 bits per heavy atom. The highest BCUT2D eigenvalue weighted by molar-refractivity contribution is 6.03. The molecule has 2 aromatic heterocycles. The molecule has 2 heterocycles. The van der Waals surface area contributed by atoms with E-state index in [9.17, 15) is 4.79 Å². The van der Waals surface area contributed by atoms with Gasteiger partial charge in [-0.05, 0) is 50.2 Å². The van der Waals surface area contributed by atoms with Crippen molar-refractivity contribution in [3.63, 3.8) is 0 Å². The first kappa shape index (κ1) is 20.8. The van der Waals surface area contributed by atoms with Gasteiger partial charge in [0.25, 0.3) is 5.91 Å². The van der Waals surface area contributed by atoms with Crippen LogP contribution in [0.4, 0.5) is 5.82 Å². The van der Waals surface area contributed by atoms with E-state index in [0.29, 0.717) is 28.5 Å². The summed E-state index contributed by atoms with van der Waals surface area (Å²) in [5, 5.41) is 16.8. The maximum Gasteiger partial charge on any atom is 0.275 e. The molecule has 0 fully saturated rings. The number of nitriles is 1. The Balaban J connectivity index is 1.77. The van der Waals surface area contributed by atoms with E-state index in [0.717, 1.165) is 16.8 Å². The maximum atomic E-state index is 13.0. The molecule has 0 aliphatic carbocycles. The molecule has 1 amide bonds. The van der Waals surface area contributed by atoms with Gasteiger partial charge in [0, 0.05) is 11.6 Å². The molecule has 32 heavy (non-hydrogen) atoms. The van der Waals surface area contributed by atoms with E-state index in [4.69, 9.17) is 15.1 Å². The van der Waals surface area contributed by atoms with Gasteiger partial charge in [-0.25, -0.2) is 9.67 Å². The zero-order valence-corrected chi connectivity index (χ0v) is 18.0. The van der Waals surface area contributed by atoms with Crippen molar-refractivity contribution in [2.24, 2.45) is 0 Å². The minimum atomic E-state index is -0.391. The van der Waals surface area contributed by atoms with Gasteiger partial charge >= 0.3 is 0 Å². The van der Waals surface area contributed by atoms with Crippen molar-refractivity contribution in [2.75, 3.05) is 12.4 Å². The Labute approximate surface area is 185 Å². The molecular weight excluding hydrogens is 402 g/mol. The van der Waals surface area contributed by atoms with Gasteiger partial charge in [0.1, 0.15) is 23.3 Å². The quantitative estimate of drug-likeness (QED) is 0.503. The third-order valence-electron chi connectivity index (χ3n) is 5.05. The standard InChI is InChI=1S/C25H21N5O2/c1-16-8-11-19(12-9-16)30-24(14-22(29-30)20-6-4-5-7-23(20)32-3)28-25(31)21-13-10-18(15-26)17(2)27-21/h4-14H,1-3H3,(H,28,31). The van der Waals surface area contributed by atoms with E-state index in [1.165, 1.54) is 6.07 Å². The average Bonchev–Trinajstić information content (AvgIpc) is 3.22. The number of amides is 1. The Morgan fingerprint density at radius 1 is 1.06 bits per heavy atom. The maximum absolute atomic E-state index is 13.0. The highest BCUT2D eigenvalue weighted by Gasteiger charge is 2.18. The number of nitrogens with one attached hydrogen (secondary N) is 1. The number of carbonyl (C=O) groups is 1. The first-order chi connectivity index (χ1) is 15.5. The second-order valence-electron chi connectivity index (χ2n) is 7.26. The number of benzene rings is 2. The number of nitrogens with zero attached hydrogens (tertiary/aromatic N) is 4. The smallest absolute Gasteiger partial charge is 0.275 e. The number of aromatic nitrogens is 3. The SMILES string of the molecule is COc1ccccc1-c1cc(NC(=O)c2ccc(C#N)c(C)n2)n(-c2ccc(C)cc2)n1. The van der Waals surface area contributed by atoms with Crippen LogP contribution in [0.3, 0.4) is 0 Å². The van der Waals surface area contributed by atoms with Gasteiger partial charge in [0.05, 0.1) is 29.7 Å². The van der Waals surface area contributed by atoms with E-state index < -0.39 is 5.91 Å². The fourth-order valence-corrected chi connectivity index (χ4v) is 3.33. The molecule has 7 nitrogen and oxygen atoms in total. The molecule has 0 aliphatic rings. The minimum Gasteiger partial charge on any atom is -0.496 e. The monoisotopic (exact) mass is 423 g/mol. The van der Waals surface area contributed by atoms with Gasteiger partial charge in [-0.3, -0.25) is 4.79 Å². The van der Waals surface area contributed by atoms with Crippen LogP contribution in [0, 0.1) is 25.2 Å². The van der Waals surface area contributed by atoms with Gasteiger partial charge in [0.15, 0.2) is 0 Å². The van der Waals surface area contributed by atoms with E-state index in [1.807, 2.05) is 55.5 Å². The van der Waals surface area contributed by atoms with Gasteiger partial charge in [-0.2, -0.15) is 10.4 Å². The number of carbonyl (C=O) groups excluding carboxylic acids is 1. The summed E-state index contributed by atoms with van der Waals surface area (Å²) in [6.07, 6.45) is 0. The lowest BCUT2D eigenvalue weighted by molar-refractivity contribution is 0.102. The molecule has 0 atom stereocenters. The van der Waals surface area contributed by atoms with Crippen LogP contribution in [0.2, 0.25) is 0 Å². The second kappa shape index (κ2) is 8.74. The number of anilines is 1. The molecule has 7 heteroatoms. The van der Waals surface area contributed by atoms with E-state index in [-0.39, 0.29) is 5.69 Å². The summed E-state index contributed by atoms with van der Waals surface area (Å²) >= 11 is 0. The number of aryl methyl sites for hydroxylation is 2. The van der Waals surface area contributed by atoms with Crippen LogP contribution in [0.25, 0.3) is 16.9 Å². The second-order valence-corrected chi connectivity index (χ2v) is 7.26. The highest BCUT2D eigenvalue weighted by Crippen LogP contribution is 2.31. The molecule has 1 N–H and O–H groups in total. The third-order valence-corrected chi connectivity index (χ3v) is 5.05. The van der Waals surface area contributed by atoms with Gasteiger partial charge in [-0.15, -0.1) is 0 Å². The van der Waals surface area contributed by atoms with Crippen molar-refractivity contribution < 1.29 is 9.53 Å². The lowest BCUT2D eigenvalue weighted by Crippen LogP contribution is -2.17. The number of ether oxygens (including phenoxy) is 1. The number of hydrogen-bond acceptors (Lipinski definition) is 5. The molecule has 0 unspecified atom stereocenters. The van der Waals surface area contributed by atoms with Crippen molar-refractivity contribution in [3.8, 4) is 28.8 Å². The van der Waals surface area contributed by atoms with Crippen LogP contribution < -0.4 is 10.1 Å². The number of rotatable bonds is 5. The molecule has 4 aromatic rings. The Bertz CT molecular complexity index is 1330. The Morgan fingerprint density at radius 3 is 2.50 bits per heavy atom. The van der Waals surface area contributed by atoms with Crippen LogP contribution >= 0.6 is 0 Å². The molecule has 158 valence electrons. The van der Waals surface area contributed by atoms with Crippen molar-refractivity contribution >= 4 is 11.7 Å². The zero-order chi connectivity index (χ0) is 22.7. The van der Waals surface area contributed by atoms with Crippen LogP contribution in [-0.2, 0) is 0 Å². The summed E-state index contributed by atoms with van der Waals surface area (Å²) in [4.78, 5) is 17.2. The van der Waals surface area contributed by atoms with E-state index in [2.05, 4.69) is 16.4 Å². The average molecular weight is 423 g/mol. The van der Waals surface area contributed by atoms with Gasteiger partial charge in [0.2, 0.25) is 0 Å².